The van der Waals surface area contributed by atoms with Crippen molar-refractivity contribution in [3.05, 3.63) is 28.2 Å². The van der Waals surface area contributed by atoms with Gasteiger partial charge in [-0.2, -0.15) is 0 Å². The highest BCUT2D eigenvalue weighted by atomic mass is 35.5. The fourth-order valence-electron chi connectivity index (χ4n) is 3.33. The molecule has 0 aliphatic heterocycles. The first kappa shape index (κ1) is 13.5. The molecule has 0 unspecified atom stereocenters. The van der Waals surface area contributed by atoms with Crippen molar-refractivity contribution in [2.75, 3.05) is 5.32 Å². The molecule has 19 heavy (non-hydrogen) atoms. The van der Waals surface area contributed by atoms with Crippen LogP contribution in [0.1, 0.15) is 25.7 Å². The van der Waals surface area contributed by atoms with Crippen LogP contribution in [0.15, 0.2) is 18.2 Å². The second-order valence-electron chi connectivity index (χ2n) is 5.51. The molecule has 2 bridgehead atoms. The molecule has 3 atom stereocenters. The summed E-state index contributed by atoms with van der Waals surface area (Å²) < 4.78 is 0. The van der Waals surface area contributed by atoms with Crippen LogP contribution in [0.2, 0.25) is 10.0 Å². The Bertz CT molecular complexity index is 506. The third-order valence-electron chi connectivity index (χ3n) is 4.23. The molecular weight excluding hydrogens is 299 g/mol. The van der Waals surface area contributed by atoms with Gasteiger partial charge in [-0.15, -0.1) is 0 Å². The number of nitrogens with one attached hydrogen (secondary N) is 2. The van der Waals surface area contributed by atoms with E-state index >= 15 is 0 Å². The van der Waals surface area contributed by atoms with Crippen molar-refractivity contribution < 1.29 is 0 Å². The zero-order chi connectivity index (χ0) is 13.4. The van der Waals surface area contributed by atoms with Crippen molar-refractivity contribution >= 4 is 46.2 Å². The normalized spacial score (nSPS) is 28.4. The van der Waals surface area contributed by atoms with Gasteiger partial charge in [-0.1, -0.05) is 29.6 Å². The Morgan fingerprint density at radius 2 is 2.00 bits per heavy atom. The van der Waals surface area contributed by atoms with Crippen LogP contribution in [-0.2, 0) is 0 Å². The summed E-state index contributed by atoms with van der Waals surface area (Å²) >= 11 is 17.2. The SMILES string of the molecule is S=C(Nc1ccc(Cl)c(Cl)c1)N[C@@H]1C[C@H]2CC[C@H]1C2. The number of halogens is 2. The van der Waals surface area contributed by atoms with E-state index in [1.807, 2.05) is 6.07 Å². The van der Waals surface area contributed by atoms with Crippen molar-refractivity contribution in [3.63, 3.8) is 0 Å². The summed E-state index contributed by atoms with van der Waals surface area (Å²) in [6.45, 7) is 0. The minimum atomic E-state index is 0.536. The Hall–Kier alpha value is -0.510. The highest BCUT2D eigenvalue weighted by Crippen LogP contribution is 2.44. The maximum absolute atomic E-state index is 5.98. The van der Waals surface area contributed by atoms with Gasteiger partial charge in [0.05, 0.1) is 10.0 Å². The van der Waals surface area contributed by atoms with E-state index < -0.39 is 0 Å². The second-order valence-corrected chi connectivity index (χ2v) is 6.73. The third-order valence-corrected chi connectivity index (χ3v) is 5.19. The van der Waals surface area contributed by atoms with E-state index in [-0.39, 0.29) is 0 Å². The van der Waals surface area contributed by atoms with Gasteiger partial charge in [-0.25, -0.2) is 0 Å². The van der Waals surface area contributed by atoms with Crippen molar-refractivity contribution in [3.8, 4) is 0 Å². The molecule has 1 aromatic rings. The van der Waals surface area contributed by atoms with Crippen molar-refractivity contribution in [2.24, 2.45) is 11.8 Å². The first-order valence-electron chi connectivity index (χ1n) is 6.64. The molecule has 0 heterocycles. The van der Waals surface area contributed by atoms with Crippen LogP contribution in [0.25, 0.3) is 0 Å². The summed E-state index contributed by atoms with van der Waals surface area (Å²) in [5.41, 5.74) is 0.870. The average Bonchev–Trinajstić information content (AvgIpc) is 2.96. The summed E-state index contributed by atoms with van der Waals surface area (Å²) in [5, 5.41) is 8.38. The zero-order valence-electron chi connectivity index (χ0n) is 10.5. The van der Waals surface area contributed by atoms with Gasteiger partial charge >= 0.3 is 0 Å². The molecular formula is C14H16Cl2N2S. The third kappa shape index (κ3) is 2.99. The molecule has 2 saturated carbocycles. The summed E-state index contributed by atoms with van der Waals surface area (Å²) in [4.78, 5) is 0. The monoisotopic (exact) mass is 314 g/mol. The molecule has 0 spiro atoms. The van der Waals surface area contributed by atoms with Crippen LogP contribution in [0.4, 0.5) is 5.69 Å². The van der Waals surface area contributed by atoms with E-state index in [1.54, 1.807) is 12.1 Å². The molecule has 2 N–H and O–H groups in total. The molecule has 2 aliphatic rings. The van der Waals surface area contributed by atoms with Crippen molar-refractivity contribution in [1.82, 2.24) is 5.32 Å². The Morgan fingerprint density at radius 1 is 1.16 bits per heavy atom. The number of benzene rings is 1. The molecule has 2 aliphatic carbocycles. The molecule has 5 heteroatoms. The van der Waals surface area contributed by atoms with Crippen LogP contribution < -0.4 is 10.6 Å². The molecule has 1 aromatic carbocycles. The maximum atomic E-state index is 5.98. The minimum Gasteiger partial charge on any atom is -0.359 e. The number of hydrogen-bond acceptors (Lipinski definition) is 1. The molecule has 2 nitrogen and oxygen atoms in total. The van der Waals surface area contributed by atoms with Gasteiger partial charge in [0, 0.05) is 11.7 Å². The lowest BCUT2D eigenvalue weighted by molar-refractivity contribution is 0.392. The number of hydrogen-bond donors (Lipinski definition) is 2. The highest BCUT2D eigenvalue weighted by molar-refractivity contribution is 7.80. The first-order chi connectivity index (χ1) is 9.11. The van der Waals surface area contributed by atoms with E-state index in [9.17, 15) is 0 Å². The van der Waals surface area contributed by atoms with Crippen LogP contribution >= 0.6 is 35.4 Å². The fraction of sp³-hybridized carbons (Fsp3) is 0.500. The van der Waals surface area contributed by atoms with Gasteiger partial charge < -0.3 is 10.6 Å². The van der Waals surface area contributed by atoms with Crippen LogP contribution in [0, 0.1) is 11.8 Å². The second kappa shape index (κ2) is 5.47. The topological polar surface area (TPSA) is 24.1 Å². The lowest BCUT2D eigenvalue weighted by atomic mass is 9.96. The van der Waals surface area contributed by atoms with Crippen molar-refractivity contribution in [1.29, 1.82) is 0 Å². The summed E-state index contributed by atoms with van der Waals surface area (Å²) in [5.74, 6) is 1.72. The van der Waals surface area contributed by atoms with Crippen molar-refractivity contribution in [2.45, 2.75) is 31.7 Å². The minimum absolute atomic E-state index is 0.536. The average molecular weight is 315 g/mol. The number of rotatable bonds is 2. The first-order valence-corrected chi connectivity index (χ1v) is 7.81. The molecule has 2 fully saturated rings. The van der Waals surface area contributed by atoms with Gasteiger partial charge in [-0.05, 0) is 61.5 Å². The maximum Gasteiger partial charge on any atom is 0.171 e. The van der Waals surface area contributed by atoms with E-state index in [0.717, 1.165) is 17.5 Å². The van der Waals surface area contributed by atoms with Gasteiger partial charge in [0.25, 0.3) is 0 Å². The quantitative estimate of drug-likeness (QED) is 0.788. The summed E-state index contributed by atoms with van der Waals surface area (Å²) in [6.07, 6.45) is 5.37. The molecule has 102 valence electrons. The number of anilines is 1. The standard InChI is InChI=1S/C14H16Cl2N2S/c15-11-4-3-10(7-12(11)16)17-14(19)18-13-6-8-1-2-9(13)5-8/h3-4,7-9,13H,1-2,5-6H2,(H2,17,18,19)/t8-,9-,13+/m0/s1. The molecule has 3 rings (SSSR count). The Balaban J connectivity index is 1.57. The number of thiocarbonyl (C=S) groups is 1. The molecule has 0 amide bonds. The highest BCUT2D eigenvalue weighted by Gasteiger charge is 2.39. The van der Waals surface area contributed by atoms with Crippen LogP contribution in [0.3, 0.4) is 0 Å². The van der Waals surface area contributed by atoms with Crippen LogP contribution in [0.5, 0.6) is 0 Å². The predicted molar refractivity (Wildman–Crippen MR) is 85.1 cm³/mol. The summed E-state index contributed by atoms with van der Waals surface area (Å²) in [7, 11) is 0. The Morgan fingerprint density at radius 3 is 2.63 bits per heavy atom. The van der Waals surface area contributed by atoms with Gasteiger partial charge in [0.1, 0.15) is 0 Å². The largest absolute Gasteiger partial charge is 0.359 e. The van der Waals surface area contributed by atoms with E-state index in [4.69, 9.17) is 35.4 Å². The Kier molecular flexibility index (Phi) is 3.88. The molecule has 0 saturated heterocycles. The van der Waals surface area contributed by atoms with Crippen LogP contribution in [-0.4, -0.2) is 11.2 Å². The van der Waals surface area contributed by atoms with Gasteiger partial charge in [-0.3, -0.25) is 0 Å². The van der Waals surface area contributed by atoms with E-state index in [1.165, 1.54) is 25.7 Å². The fourth-order valence-corrected chi connectivity index (χ4v) is 3.90. The molecule has 0 aromatic heterocycles. The number of fused-ring (bicyclic) bond motifs is 2. The van der Waals surface area contributed by atoms with E-state index in [0.29, 0.717) is 21.2 Å². The van der Waals surface area contributed by atoms with Gasteiger partial charge in [0.15, 0.2) is 5.11 Å². The Labute approximate surface area is 128 Å². The predicted octanol–water partition coefficient (Wildman–Crippen LogP) is 4.47. The lowest BCUT2D eigenvalue weighted by Crippen LogP contribution is -2.40. The van der Waals surface area contributed by atoms with E-state index in [2.05, 4.69) is 10.6 Å². The lowest BCUT2D eigenvalue weighted by Gasteiger charge is -2.24. The zero-order valence-corrected chi connectivity index (χ0v) is 12.8. The summed E-state index contributed by atoms with van der Waals surface area (Å²) in [6, 6.07) is 5.98. The van der Waals surface area contributed by atoms with Gasteiger partial charge in [0.2, 0.25) is 0 Å². The molecule has 0 radical (unpaired) electrons. The smallest absolute Gasteiger partial charge is 0.171 e.